The number of aromatic nitrogens is 4. The zero-order valence-electron chi connectivity index (χ0n) is 15.3. The monoisotopic (exact) mass is 322 g/mol. The lowest BCUT2D eigenvalue weighted by atomic mass is 10.0. The van der Waals surface area contributed by atoms with Crippen LogP contribution in [0.2, 0.25) is 0 Å². The van der Waals surface area contributed by atoms with Crippen LogP contribution >= 0.6 is 0 Å². The van der Waals surface area contributed by atoms with E-state index in [1.54, 1.807) is 9.80 Å². The Balaban J connectivity index is 2.15. The molecule has 0 unspecified atom stereocenters. The van der Waals surface area contributed by atoms with Gasteiger partial charge in [0, 0.05) is 6.42 Å². The number of hydrogen-bond donors (Lipinski definition) is 2. The van der Waals surface area contributed by atoms with Crippen molar-refractivity contribution < 1.29 is 9.80 Å². The average molecular weight is 323 g/mol. The summed E-state index contributed by atoms with van der Waals surface area (Å²) in [5, 5.41) is 12.7. The third-order valence-electron chi connectivity index (χ3n) is 4.81. The van der Waals surface area contributed by atoms with E-state index in [9.17, 15) is 0 Å². The Kier molecular flexibility index (Phi) is 6.30. The first-order valence-corrected chi connectivity index (χ1v) is 9.05. The van der Waals surface area contributed by atoms with Crippen LogP contribution in [-0.4, -0.2) is 52.9 Å². The number of piperazine rings is 1. The molecule has 2 rings (SSSR count). The largest absolute Gasteiger partial charge is 0.322 e. The molecule has 1 aromatic rings. The fraction of sp³-hybridized carbons (Fsp3) is 0.824. The summed E-state index contributed by atoms with van der Waals surface area (Å²) in [4.78, 5) is 3.29. The van der Waals surface area contributed by atoms with Crippen molar-refractivity contribution in [1.29, 1.82) is 0 Å². The van der Waals surface area contributed by atoms with Crippen molar-refractivity contribution in [3.63, 3.8) is 0 Å². The van der Waals surface area contributed by atoms with Crippen molar-refractivity contribution >= 4 is 0 Å². The molecule has 0 aliphatic carbocycles. The second kappa shape index (κ2) is 8.02. The van der Waals surface area contributed by atoms with Gasteiger partial charge in [-0.1, -0.05) is 19.9 Å². The number of tetrazole rings is 1. The SMILES string of the molecule is C=CC[NH+]1CC[NH+]([C@H](CCCC)c2nnnn2C(C)(C)C)CC1. The van der Waals surface area contributed by atoms with Crippen molar-refractivity contribution in [1.82, 2.24) is 20.2 Å². The summed E-state index contributed by atoms with van der Waals surface area (Å²) in [6, 6.07) is 0.412. The van der Waals surface area contributed by atoms with Gasteiger partial charge in [-0.05, 0) is 43.7 Å². The van der Waals surface area contributed by atoms with Gasteiger partial charge in [-0.3, -0.25) is 0 Å². The Morgan fingerprint density at radius 1 is 1.26 bits per heavy atom. The first kappa shape index (κ1) is 18.1. The maximum absolute atomic E-state index is 4.42. The molecule has 130 valence electrons. The minimum absolute atomic E-state index is 0.0708. The average Bonchev–Trinajstić information content (AvgIpc) is 2.99. The molecule has 2 heterocycles. The number of quaternary nitrogens is 2. The summed E-state index contributed by atoms with van der Waals surface area (Å²) in [6.45, 7) is 18.5. The molecule has 23 heavy (non-hydrogen) atoms. The van der Waals surface area contributed by atoms with E-state index in [0.29, 0.717) is 6.04 Å². The molecule has 0 bridgehead atoms. The second-order valence-corrected chi connectivity index (χ2v) is 7.72. The minimum Gasteiger partial charge on any atom is -0.322 e. The van der Waals surface area contributed by atoms with Crippen LogP contribution in [-0.2, 0) is 5.54 Å². The molecular weight excluding hydrogens is 288 g/mol. The van der Waals surface area contributed by atoms with E-state index in [1.165, 1.54) is 45.4 Å². The summed E-state index contributed by atoms with van der Waals surface area (Å²) < 4.78 is 2.03. The van der Waals surface area contributed by atoms with Crippen LogP contribution in [0.3, 0.4) is 0 Å². The molecule has 6 nitrogen and oxygen atoms in total. The Morgan fingerprint density at radius 2 is 1.96 bits per heavy atom. The van der Waals surface area contributed by atoms with E-state index < -0.39 is 0 Å². The quantitative estimate of drug-likeness (QED) is 0.674. The van der Waals surface area contributed by atoms with Gasteiger partial charge >= 0.3 is 0 Å². The molecular formula is C17H34N6+2. The highest BCUT2D eigenvalue weighted by molar-refractivity contribution is 4.92. The van der Waals surface area contributed by atoms with Crippen molar-refractivity contribution in [3.8, 4) is 0 Å². The van der Waals surface area contributed by atoms with Crippen LogP contribution in [0.4, 0.5) is 0 Å². The van der Waals surface area contributed by atoms with Gasteiger partial charge in [0.15, 0.2) is 0 Å². The van der Waals surface area contributed by atoms with Crippen molar-refractivity contribution in [2.24, 2.45) is 0 Å². The molecule has 0 aromatic carbocycles. The van der Waals surface area contributed by atoms with Gasteiger partial charge in [0.05, 0.1) is 12.1 Å². The Labute approximate surface area is 140 Å². The van der Waals surface area contributed by atoms with Gasteiger partial charge in [-0.25, -0.2) is 4.68 Å². The third kappa shape index (κ3) is 4.61. The summed E-state index contributed by atoms with van der Waals surface area (Å²) in [5.74, 6) is 1.06. The van der Waals surface area contributed by atoms with Crippen molar-refractivity contribution in [2.75, 3.05) is 32.7 Å². The predicted octanol–water partition coefficient (Wildman–Crippen LogP) is -0.371. The van der Waals surface area contributed by atoms with Gasteiger partial charge in [0.25, 0.3) is 0 Å². The van der Waals surface area contributed by atoms with Crippen LogP contribution in [0.1, 0.15) is 58.8 Å². The second-order valence-electron chi connectivity index (χ2n) is 7.72. The van der Waals surface area contributed by atoms with Gasteiger partial charge < -0.3 is 9.80 Å². The van der Waals surface area contributed by atoms with E-state index in [-0.39, 0.29) is 5.54 Å². The molecule has 0 amide bonds. The van der Waals surface area contributed by atoms with Crippen molar-refractivity contribution in [2.45, 2.75) is 58.5 Å². The number of nitrogens with one attached hydrogen (secondary N) is 2. The van der Waals surface area contributed by atoms with Gasteiger partial charge in [-0.15, -0.1) is 5.10 Å². The number of rotatable bonds is 7. The Morgan fingerprint density at radius 3 is 2.52 bits per heavy atom. The molecule has 0 saturated carbocycles. The summed E-state index contributed by atoms with van der Waals surface area (Å²) in [6.07, 6.45) is 5.65. The highest BCUT2D eigenvalue weighted by Gasteiger charge is 2.35. The van der Waals surface area contributed by atoms with Gasteiger partial charge in [0.2, 0.25) is 5.82 Å². The number of unbranched alkanes of at least 4 members (excludes halogenated alkanes) is 1. The molecule has 0 radical (unpaired) electrons. The molecule has 6 heteroatoms. The number of nitrogens with zero attached hydrogens (tertiary/aromatic N) is 4. The van der Waals surface area contributed by atoms with Crippen LogP contribution in [0.5, 0.6) is 0 Å². The molecule has 1 saturated heterocycles. The molecule has 1 aromatic heterocycles. The van der Waals surface area contributed by atoms with Gasteiger partial charge in [0.1, 0.15) is 32.2 Å². The van der Waals surface area contributed by atoms with Crippen molar-refractivity contribution in [3.05, 3.63) is 18.5 Å². The van der Waals surface area contributed by atoms with Crippen LogP contribution in [0.25, 0.3) is 0 Å². The topological polar surface area (TPSA) is 52.5 Å². The lowest BCUT2D eigenvalue weighted by Gasteiger charge is -2.34. The first-order chi connectivity index (χ1) is 11.0. The fourth-order valence-electron chi connectivity index (χ4n) is 3.49. The van der Waals surface area contributed by atoms with Crippen LogP contribution < -0.4 is 9.80 Å². The van der Waals surface area contributed by atoms with E-state index >= 15 is 0 Å². The van der Waals surface area contributed by atoms with E-state index in [0.717, 1.165) is 12.4 Å². The summed E-state index contributed by atoms with van der Waals surface area (Å²) in [5.41, 5.74) is -0.0708. The maximum Gasteiger partial charge on any atom is 0.209 e. The molecule has 0 spiro atoms. The summed E-state index contributed by atoms with van der Waals surface area (Å²) in [7, 11) is 0. The lowest BCUT2D eigenvalue weighted by molar-refractivity contribution is -1.03. The highest BCUT2D eigenvalue weighted by Crippen LogP contribution is 2.20. The summed E-state index contributed by atoms with van der Waals surface area (Å²) >= 11 is 0. The van der Waals surface area contributed by atoms with E-state index in [4.69, 9.17) is 0 Å². The minimum atomic E-state index is -0.0708. The standard InChI is InChI=1S/C17H32N6/c1-6-8-9-15(16-18-19-20-23(16)17(3,4)5)22-13-11-21(10-7-2)12-14-22/h7,15H,2,6,8-14H2,1,3-5H3/p+2/t15-/m1/s1. The first-order valence-electron chi connectivity index (χ1n) is 9.05. The van der Waals surface area contributed by atoms with Crippen LogP contribution in [0, 0.1) is 0 Å². The fourth-order valence-corrected chi connectivity index (χ4v) is 3.49. The molecule has 1 fully saturated rings. The zero-order chi connectivity index (χ0) is 16.9. The highest BCUT2D eigenvalue weighted by atomic mass is 15.6. The maximum atomic E-state index is 4.42. The molecule has 1 aliphatic heterocycles. The zero-order valence-corrected chi connectivity index (χ0v) is 15.3. The smallest absolute Gasteiger partial charge is 0.209 e. The Hall–Kier alpha value is -1.27. The Bertz CT molecular complexity index is 482. The number of hydrogen-bond acceptors (Lipinski definition) is 3. The van der Waals surface area contributed by atoms with E-state index in [2.05, 4.69) is 49.8 Å². The van der Waals surface area contributed by atoms with Crippen LogP contribution in [0.15, 0.2) is 12.7 Å². The molecule has 2 N–H and O–H groups in total. The van der Waals surface area contributed by atoms with E-state index in [1.807, 2.05) is 10.8 Å². The third-order valence-corrected chi connectivity index (χ3v) is 4.81. The normalized spacial score (nSPS) is 23.7. The molecule has 1 atom stereocenters. The lowest BCUT2D eigenvalue weighted by Crippen LogP contribution is -3.28. The van der Waals surface area contributed by atoms with Gasteiger partial charge in [-0.2, -0.15) is 0 Å². The molecule has 1 aliphatic rings. The predicted molar refractivity (Wildman–Crippen MR) is 91.5 cm³/mol.